The van der Waals surface area contributed by atoms with Crippen molar-refractivity contribution in [3.8, 4) is 17.2 Å². The Labute approximate surface area is 205 Å². The molecule has 2 atom stereocenters. The van der Waals surface area contributed by atoms with Gasteiger partial charge in [-0.15, -0.1) is 0 Å². The van der Waals surface area contributed by atoms with Gasteiger partial charge < -0.3 is 19.5 Å². The van der Waals surface area contributed by atoms with E-state index in [1.807, 2.05) is 24.3 Å². The Morgan fingerprint density at radius 3 is 2.44 bits per heavy atom. The quantitative estimate of drug-likeness (QED) is 0.471. The molecule has 0 saturated carbocycles. The first-order valence-electron chi connectivity index (χ1n) is 10.5. The monoisotopic (exact) mass is 525 g/mol. The van der Waals surface area contributed by atoms with Crippen LogP contribution in [0.15, 0.2) is 71.2 Å². The Kier molecular flexibility index (Phi) is 6.93. The van der Waals surface area contributed by atoms with Gasteiger partial charge in [0.1, 0.15) is 11.9 Å². The van der Waals surface area contributed by atoms with Gasteiger partial charge in [0.15, 0.2) is 17.6 Å². The number of nitrogens with one attached hydrogen (secondary N) is 2. The summed E-state index contributed by atoms with van der Waals surface area (Å²) in [5.74, 6) is 0.782. The summed E-state index contributed by atoms with van der Waals surface area (Å²) in [6.45, 7) is 1.62. The van der Waals surface area contributed by atoms with Crippen LogP contribution in [0.3, 0.4) is 0 Å². The molecule has 0 radical (unpaired) electrons. The number of ether oxygens (including phenoxy) is 3. The summed E-state index contributed by atoms with van der Waals surface area (Å²) in [7, 11) is 3.09. The van der Waals surface area contributed by atoms with E-state index in [1.165, 1.54) is 12.1 Å². The minimum absolute atomic E-state index is 0.349. The molecule has 1 aliphatic rings. The van der Waals surface area contributed by atoms with Crippen LogP contribution in [0.2, 0.25) is 0 Å². The molecule has 3 aromatic carbocycles. The van der Waals surface area contributed by atoms with Crippen molar-refractivity contribution in [1.82, 2.24) is 10.4 Å². The third kappa shape index (κ3) is 4.79. The largest absolute Gasteiger partial charge is 0.493 e. The molecule has 0 saturated heterocycles. The number of hydrogen-bond acceptors (Lipinski definition) is 6. The van der Waals surface area contributed by atoms with Crippen molar-refractivity contribution >= 4 is 33.4 Å². The van der Waals surface area contributed by atoms with Crippen LogP contribution >= 0.6 is 15.9 Å². The maximum Gasteiger partial charge on any atom is 0.279 e. The second-order valence-electron chi connectivity index (χ2n) is 7.57. The number of methoxy groups -OCH3 is 2. The second-order valence-corrected chi connectivity index (χ2v) is 8.49. The van der Waals surface area contributed by atoms with Gasteiger partial charge in [-0.05, 0) is 55.5 Å². The van der Waals surface area contributed by atoms with Gasteiger partial charge in [-0.1, -0.05) is 34.1 Å². The highest BCUT2D eigenvalue weighted by Crippen LogP contribution is 2.36. The topological polar surface area (TPSA) is 89.1 Å². The Bertz CT molecular complexity index is 1200. The van der Waals surface area contributed by atoms with E-state index in [-0.39, 0.29) is 5.91 Å². The van der Waals surface area contributed by atoms with Crippen LogP contribution in [0.4, 0.5) is 5.69 Å². The highest BCUT2D eigenvalue weighted by atomic mass is 79.9. The highest BCUT2D eigenvalue weighted by Gasteiger charge is 2.35. The lowest BCUT2D eigenvalue weighted by Crippen LogP contribution is -2.55. The Morgan fingerprint density at radius 1 is 1.03 bits per heavy atom. The standard InChI is InChI=1S/C25H24BrN3O5/c1-15(34-18-11-9-17(26)10-12-18)24(30)28-29-23(16-8-13-21(32-2)22(14-16)33-3)27-20-7-5-4-6-19(20)25(29)31/h4-15,23,27H,1-3H3,(H,28,30). The number of halogens is 1. The molecule has 3 aromatic rings. The van der Waals surface area contributed by atoms with E-state index in [4.69, 9.17) is 14.2 Å². The number of nitrogens with zero attached hydrogens (tertiary/aromatic N) is 1. The lowest BCUT2D eigenvalue weighted by atomic mass is 10.0. The first-order chi connectivity index (χ1) is 16.4. The van der Waals surface area contributed by atoms with Crippen LogP contribution in [-0.2, 0) is 4.79 Å². The van der Waals surface area contributed by atoms with Crippen molar-refractivity contribution in [3.63, 3.8) is 0 Å². The van der Waals surface area contributed by atoms with E-state index in [0.29, 0.717) is 34.1 Å². The van der Waals surface area contributed by atoms with Crippen LogP contribution in [0, 0.1) is 0 Å². The summed E-state index contributed by atoms with van der Waals surface area (Å²) in [5.41, 5.74) is 4.54. The molecule has 0 aromatic heterocycles. The summed E-state index contributed by atoms with van der Waals surface area (Å²) < 4.78 is 17.4. The smallest absolute Gasteiger partial charge is 0.279 e. The molecule has 9 heteroatoms. The number of hydrogen-bond donors (Lipinski definition) is 2. The fraction of sp³-hybridized carbons (Fsp3) is 0.200. The molecule has 34 heavy (non-hydrogen) atoms. The van der Waals surface area contributed by atoms with Gasteiger partial charge in [-0.25, -0.2) is 5.01 Å². The molecular weight excluding hydrogens is 502 g/mol. The van der Waals surface area contributed by atoms with E-state index in [1.54, 1.807) is 56.5 Å². The van der Waals surface area contributed by atoms with Crippen molar-refractivity contribution in [3.05, 3.63) is 82.3 Å². The van der Waals surface area contributed by atoms with E-state index in [9.17, 15) is 9.59 Å². The van der Waals surface area contributed by atoms with Crippen molar-refractivity contribution < 1.29 is 23.8 Å². The van der Waals surface area contributed by atoms with Gasteiger partial charge in [0.2, 0.25) is 0 Å². The van der Waals surface area contributed by atoms with Crippen molar-refractivity contribution in [1.29, 1.82) is 0 Å². The van der Waals surface area contributed by atoms with E-state index >= 15 is 0 Å². The zero-order valence-corrected chi connectivity index (χ0v) is 20.5. The second kappa shape index (κ2) is 10.0. The first kappa shape index (κ1) is 23.4. The minimum Gasteiger partial charge on any atom is -0.493 e. The molecule has 2 unspecified atom stereocenters. The average molecular weight is 526 g/mol. The van der Waals surface area contributed by atoms with Crippen LogP contribution in [0.1, 0.15) is 29.0 Å². The van der Waals surface area contributed by atoms with E-state index < -0.39 is 18.2 Å². The zero-order chi connectivity index (χ0) is 24.2. The van der Waals surface area contributed by atoms with E-state index in [2.05, 4.69) is 26.7 Å². The van der Waals surface area contributed by atoms with Crippen LogP contribution in [-0.4, -0.2) is 37.1 Å². The molecule has 0 fully saturated rings. The average Bonchev–Trinajstić information content (AvgIpc) is 2.86. The van der Waals surface area contributed by atoms with Gasteiger partial charge in [-0.3, -0.25) is 15.0 Å². The Hall–Kier alpha value is -3.72. The number of rotatable bonds is 7. The van der Waals surface area contributed by atoms with Crippen LogP contribution in [0.5, 0.6) is 17.2 Å². The fourth-order valence-electron chi connectivity index (χ4n) is 3.61. The molecule has 2 N–H and O–H groups in total. The molecule has 4 rings (SSSR count). The number of carbonyl (C=O) groups excluding carboxylic acids is 2. The number of amides is 2. The van der Waals surface area contributed by atoms with Gasteiger partial charge in [0.05, 0.1) is 19.8 Å². The van der Waals surface area contributed by atoms with Gasteiger partial charge in [0.25, 0.3) is 11.8 Å². The summed E-state index contributed by atoms with van der Waals surface area (Å²) in [5, 5.41) is 4.60. The normalized spacial score (nSPS) is 15.6. The molecule has 1 aliphatic heterocycles. The lowest BCUT2D eigenvalue weighted by molar-refractivity contribution is -0.132. The third-order valence-electron chi connectivity index (χ3n) is 5.38. The van der Waals surface area contributed by atoms with Gasteiger partial charge in [-0.2, -0.15) is 0 Å². The first-order valence-corrected chi connectivity index (χ1v) is 11.3. The zero-order valence-electron chi connectivity index (χ0n) is 18.9. The molecule has 8 nitrogen and oxygen atoms in total. The molecule has 2 amide bonds. The number of hydrazine groups is 1. The van der Waals surface area contributed by atoms with Crippen molar-refractivity contribution in [2.75, 3.05) is 19.5 Å². The SMILES string of the molecule is COc1ccc(C2Nc3ccccc3C(=O)N2NC(=O)C(C)Oc2ccc(Br)cc2)cc1OC. The summed E-state index contributed by atoms with van der Waals surface area (Å²) in [4.78, 5) is 26.4. The molecule has 0 bridgehead atoms. The maximum atomic E-state index is 13.4. The minimum atomic E-state index is -0.850. The van der Waals surface area contributed by atoms with Crippen molar-refractivity contribution in [2.45, 2.75) is 19.2 Å². The number of benzene rings is 3. The summed E-state index contributed by atoms with van der Waals surface area (Å²) in [6, 6.07) is 19.6. The lowest BCUT2D eigenvalue weighted by Gasteiger charge is -2.38. The van der Waals surface area contributed by atoms with E-state index in [0.717, 1.165) is 4.47 Å². The summed E-state index contributed by atoms with van der Waals surface area (Å²) >= 11 is 3.37. The third-order valence-corrected chi connectivity index (χ3v) is 5.91. The van der Waals surface area contributed by atoms with Crippen LogP contribution in [0.25, 0.3) is 0 Å². The number of carbonyl (C=O) groups is 2. The molecule has 0 aliphatic carbocycles. The molecule has 0 spiro atoms. The molecule has 176 valence electrons. The van der Waals surface area contributed by atoms with Gasteiger partial charge in [0, 0.05) is 15.7 Å². The predicted molar refractivity (Wildman–Crippen MR) is 131 cm³/mol. The Balaban J connectivity index is 1.62. The fourth-order valence-corrected chi connectivity index (χ4v) is 3.87. The van der Waals surface area contributed by atoms with Crippen molar-refractivity contribution in [2.24, 2.45) is 0 Å². The number of para-hydroxylation sites is 1. The highest BCUT2D eigenvalue weighted by molar-refractivity contribution is 9.10. The van der Waals surface area contributed by atoms with Gasteiger partial charge >= 0.3 is 0 Å². The predicted octanol–water partition coefficient (Wildman–Crippen LogP) is 4.53. The van der Waals surface area contributed by atoms with Crippen LogP contribution < -0.4 is 25.0 Å². The number of fused-ring (bicyclic) bond motifs is 1. The molecular formula is C25H24BrN3O5. The molecule has 1 heterocycles. The number of anilines is 1. The maximum absolute atomic E-state index is 13.4. The summed E-state index contributed by atoms with van der Waals surface area (Å²) in [6.07, 6.45) is -1.54. The Morgan fingerprint density at radius 2 is 1.74 bits per heavy atom.